The highest BCUT2D eigenvalue weighted by Crippen LogP contribution is 2.28. The van der Waals surface area contributed by atoms with E-state index in [4.69, 9.17) is 0 Å². The van der Waals surface area contributed by atoms with Gasteiger partial charge in [-0.05, 0) is 37.8 Å². The normalized spacial score (nSPS) is 19.0. The number of para-hydroxylation sites is 1. The van der Waals surface area contributed by atoms with E-state index in [1.54, 1.807) is 0 Å². The summed E-state index contributed by atoms with van der Waals surface area (Å²) in [5.74, 6) is 0.261. The van der Waals surface area contributed by atoms with Crippen LogP contribution in [0.25, 0.3) is 0 Å². The number of carbonyl (C=O) groups is 2. The van der Waals surface area contributed by atoms with Crippen molar-refractivity contribution in [1.29, 1.82) is 0 Å². The van der Waals surface area contributed by atoms with Crippen molar-refractivity contribution in [3.63, 3.8) is 0 Å². The minimum atomic E-state index is 0.123. The summed E-state index contributed by atoms with van der Waals surface area (Å²) in [6, 6.07) is 8.61. The fraction of sp³-hybridized carbons (Fsp3) is 0.636. The van der Waals surface area contributed by atoms with Crippen LogP contribution in [0, 0.1) is 0 Å². The molecule has 0 spiro atoms. The molecule has 1 heterocycles. The first kappa shape index (κ1) is 19.7. The van der Waals surface area contributed by atoms with Gasteiger partial charge >= 0.3 is 0 Å². The van der Waals surface area contributed by atoms with Gasteiger partial charge in [0.05, 0.1) is 5.56 Å². The van der Waals surface area contributed by atoms with Gasteiger partial charge in [-0.1, -0.05) is 38.3 Å². The van der Waals surface area contributed by atoms with Gasteiger partial charge < -0.3 is 15.1 Å². The molecular formula is C22H33N3O2. The van der Waals surface area contributed by atoms with Crippen LogP contribution in [0.1, 0.15) is 68.6 Å². The number of piperidine rings is 1. The molecule has 1 aliphatic carbocycles. The highest BCUT2D eigenvalue weighted by molar-refractivity contribution is 5.99. The molecule has 1 aliphatic heterocycles. The SMILES string of the molecule is CCC(=O)NC1CCN(c2ccccc2C(=O)N(C)C2CCCCC2)CC1. The smallest absolute Gasteiger partial charge is 0.255 e. The van der Waals surface area contributed by atoms with Crippen LogP contribution in [-0.4, -0.2) is 48.9 Å². The first-order chi connectivity index (χ1) is 13.1. The Morgan fingerprint density at radius 3 is 2.41 bits per heavy atom. The van der Waals surface area contributed by atoms with E-state index in [9.17, 15) is 9.59 Å². The summed E-state index contributed by atoms with van der Waals surface area (Å²) in [6.07, 6.45) is 8.35. The number of rotatable bonds is 5. The van der Waals surface area contributed by atoms with Crippen molar-refractivity contribution in [3.05, 3.63) is 29.8 Å². The summed E-state index contributed by atoms with van der Waals surface area (Å²) in [5.41, 5.74) is 1.84. The Morgan fingerprint density at radius 1 is 1.07 bits per heavy atom. The van der Waals surface area contributed by atoms with E-state index >= 15 is 0 Å². The monoisotopic (exact) mass is 371 g/mol. The topological polar surface area (TPSA) is 52.7 Å². The van der Waals surface area contributed by atoms with Crippen molar-refractivity contribution in [2.75, 3.05) is 25.0 Å². The van der Waals surface area contributed by atoms with Crippen molar-refractivity contribution in [2.45, 2.75) is 70.4 Å². The Balaban J connectivity index is 1.67. The molecule has 0 aromatic heterocycles. The molecule has 1 aromatic carbocycles. The van der Waals surface area contributed by atoms with E-state index in [2.05, 4.69) is 16.3 Å². The first-order valence-corrected chi connectivity index (χ1v) is 10.5. The van der Waals surface area contributed by atoms with Crippen LogP contribution in [0.3, 0.4) is 0 Å². The quantitative estimate of drug-likeness (QED) is 0.861. The third-order valence-electron chi connectivity index (χ3n) is 6.10. The standard InChI is InChI=1S/C22H33N3O2/c1-3-21(26)23-17-13-15-25(16-14-17)20-12-8-7-11-19(20)22(27)24(2)18-9-5-4-6-10-18/h7-8,11-12,17-18H,3-6,9-10,13-16H2,1-2H3,(H,23,26). The number of carbonyl (C=O) groups excluding carboxylic acids is 2. The zero-order valence-corrected chi connectivity index (χ0v) is 16.7. The minimum absolute atomic E-state index is 0.123. The Bertz CT molecular complexity index is 647. The van der Waals surface area contributed by atoms with E-state index in [1.807, 2.05) is 37.1 Å². The van der Waals surface area contributed by atoms with Crippen LogP contribution in [0.4, 0.5) is 5.69 Å². The maximum Gasteiger partial charge on any atom is 0.255 e. The van der Waals surface area contributed by atoms with Crippen LogP contribution in [0.15, 0.2) is 24.3 Å². The summed E-state index contributed by atoms with van der Waals surface area (Å²) < 4.78 is 0. The number of amides is 2. The molecule has 1 aromatic rings. The second-order valence-electron chi connectivity index (χ2n) is 7.91. The Kier molecular flexibility index (Phi) is 6.75. The summed E-state index contributed by atoms with van der Waals surface area (Å²) in [6.45, 7) is 3.62. The minimum Gasteiger partial charge on any atom is -0.371 e. The zero-order valence-electron chi connectivity index (χ0n) is 16.7. The summed E-state index contributed by atoms with van der Waals surface area (Å²) in [7, 11) is 1.96. The molecule has 0 bridgehead atoms. The molecule has 1 saturated carbocycles. The van der Waals surface area contributed by atoms with Gasteiger partial charge in [0.25, 0.3) is 5.91 Å². The lowest BCUT2D eigenvalue weighted by Crippen LogP contribution is -2.45. The highest BCUT2D eigenvalue weighted by atomic mass is 16.2. The number of hydrogen-bond donors (Lipinski definition) is 1. The highest BCUT2D eigenvalue weighted by Gasteiger charge is 2.27. The lowest BCUT2D eigenvalue weighted by Gasteiger charge is -2.36. The van der Waals surface area contributed by atoms with Crippen molar-refractivity contribution in [2.24, 2.45) is 0 Å². The van der Waals surface area contributed by atoms with Gasteiger partial charge in [0, 0.05) is 44.3 Å². The number of nitrogens with one attached hydrogen (secondary N) is 1. The fourth-order valence-electron chi connectivity index (χ4n) is 4.35. The molecule has 1 saturated heterocycles. The largest absolute Gasteiger partial charge is 0.371 e. The molecule has 1 N–H and O–H groups in total. The molecular weight excluding hydrogens is 338 g/mol. The molecule has 0 atom stereocenters. The number of nitrogens with zero attached hydrogens (tertiary/aromatic N) is 2. The predicted octanol–water partition coefficient (Wildman–Crippen LogP) is 3.59. The van der Waals surface area contributed by atoms with E-state index < -0.39 is 0 Å². The van der Waals surface area contributed by atoms with Crippen LogP contribution in [0.2, 0.25) is 0 Å². The molecule has 5 nitrogen and oxygen atoms in total. The summed E-state index contributed by atoms with van der Waals surface area (Å²) in [4.78, 5) is 29.1. The van der Waals surface area contributed by atoms with Crippen LogP contribution in [-0.2, 0) is 4.79 Å². The van der Waals surface area contributed by atoms with Gasteiger partial charge in [-0.2, -0.15) is 0 Å². The molecule has 2 aliphatic rings. The van der Waals surface area contributed by atoms with Crippen LogP contribution in [0.5, 0.6) is 0 Å². The van der Waals surface area contributed by atoms with Crippen molar-refractivity contribution in [3.8, 4) is 0 Å². The van der Waals surface area contributed by atoms with Crippen molar-refractivity contribution in [1.82, 2.24) is 10.2 Å². The lowest BCUT2D eigenvalue weighted by molar-refractivity contribution is -0.121. The zero-order chi connectivity index (χ0) is 19.2. The van der Waals surface area contributed by atoms with Crippen LogP contribution < -0.4 is 10.2 Å². The van der Waals surface area contributed by atoms with E-state index in [1.165, 1.54) is 19.3 Å². The third kappa shape index (κ3) is 4.82. The molecule has 3 rings (SSSR count). The average Bonchev–Trinajstić information content (AvgIpc) is 2.73. The van der Waals surface area contributed by atoms with Gasteiger partial charge in [0.2, 0.25) is 5.91 Å². The molecule has 5 heteroatoms. The molecule has 148 valence electrons. The van der Waals surface area contributed by atoms with E-state index in [0.717, 1.165) is 50.0 Å². The second-order valence-corrected chi connectivity index (χ2v) is 7.91. The van der Waals surface area contributed by atoms with Gasteiger partial charge in [-0.3, -0.25) is 9.59 Å². The van der Waals surface area contributed by atoms with Gasteiger partial charge in [0.15, 0.2) is 0 Å². The number of benzene rings is 1. The molecule has 0 radical (unpaired) electrons. The first-order valence-electron chi connectivity index (χ1n) is 10.5. The molecule has 2 fully saturated rings. The van der Waals surface area contributed by atoms with Crippen molar-refractivity contribution < 1.29 is 9.59 Å². The second kappa shape index (κ2) is 9.25. The van der Waals surface area contributed by atoms with Gasteiger partial charge in [-0.15, -0.1) is 0 Å². The van der Waals surface area contributed by atoms with Crippen molar-refractivity contribution >= 4 is 17.5 Å². The van der Waals surface area contributed by atoms with Gasteiger partial charge in [0.1, 0.15) is 0 Å². The Hall–Kier alpha value is -2.04. The number of anilines is 1. The molecule has 0 unspecified atom stereocenters. The Morgan fingerprint density at radius 2 is 1.74 bits per heavy atom. The van der Waals surface area contributed by atoms with E-state index in [-0.39, 0.29) is 17.9 Å². The lowest BCUT2D eigenvalue weighted by atomic mass is 9.94. The molecule has 2 amide bonds. The molecule has 27 heavy (non-hydrogen) atoms. The summed E-state index contributed by atoms with van der Waals surface area (Å²) in [5, 5.41) is 3.10. The van der Waals surface area contributed by atoms with Gasteiger partial charge in [-0.25, -0.2) is 0 Å². The third-order valence-corrected chi connectivity index (χ3v) is 6.10. The average molecular weight is 372 g/mol. The Labute approximate surface area is 163 Å². The maximum absolute atomic E-state index is 13.2. The fourth-order valence-corrected chi connectivity index (χ4v) is 4.35. The van der Waals surface area contributed by atoms with Crippen LogP contribution >= 0.6 is 0 Å². The van der Waals surface area contributed by atoms with E-state index in [0.29, 0.717) is 12.5 Å². The predicted molar refractivity (Wildman–Crippen MR) is 109 cm³/mol. The maximum atomic E-state index is 13.2. The number of hydrogen-bond acceptors (Lipinski definition) is 3. The summed E-state index contributed by atoms with van der Waals surface area (Å²) >= 11 is 0.